The number of imidazole rings is 1. The molecule has 0 radical (unpaired) electrons. The van der Waals surface area contributed by atoms with Gasteiger partial charge in [0.1, 0.15) is 22.7 Å². The fraction of sp³-hybridized carbons (Fsp3) is 0. The Labute approximate surface area is 142 Å². The number of hydrogen-bond acceptors (Lipinski definition) is 3. The monoisotopic (exact) mass is 332 g/mol. The Kier molecular flexibility index (Phi) is 3.50. The Balaban J connectivity index is 1.77. The van der Waals surface area contributed by atoms with E-state index in [4.69, 9.17) is 5.73 Å². The minimum absolute atomic E-state index is 0.201. The van der Waals surface area contributed by atoms with Gasteiger partial charge in [-0.1, -0.05) is 24.3 Å². The maximum Gasteiger partial charge on any atom is 0.253 e. The van der Waals surface area contributed by atoms with Crippen molar-refractivity contribution in [2.24, 2.45) is 5.73 Å². The Bertz CT molecular complexity index is 1070. The summed E-state index contributed by atoms with van der Waals surface area (Å²) in [6, 6.07) is 14.4. The molecule has 5 nitrogen and oxygen atoms in total. The van der Waals surface area contributed by atoms with Crippen LogP contribution in [0.4, 0.5) is 4.39 Å². The van der Waals surface area contributed by atoms with Crippen molar-refractivity contribution in [3.63, 3.8) is 0 Å². The average molecular weight is 332 g/mol. The second-order valence-electron chi connectivity index (χ2n) is 5.58. The summed E-state index contributed by atoms with van der Waals surface area (Å²) in [6.07, 6.45) is 3.48. The van der Waals surface area contributed by atoms with E-state index in [2.05, 4.69) is 15.0 Å². The normalized spacial score (nSPS) is 10.9. The summed E-state index contributed by atoms with van der Waals surface area (Å²) in [5.74, 6) is -0.968. The van der Waals surface area contributed by atoms with Gasteiger partial charge in [0.25, 0.3) is 5.91 Å². The van der Waals surface area contributed by atoms with Crippen LogP contribution in [0.25, 0.3) is 33.5 Å². The molecule has 1 amide bonds. The van der Waals surface area contributed by atoms with Gasteiger partial charge in [-0.05, 0) is 35.4 Å². The lowest BCUT2D eigenvalue weighted by molar-refractivity contribution is 0.0998. The molecule has 3 N–H and O–H groups in total. The third-order valence-electron chi connectivity index (χ3n) is 4.02. The van der Waals surface area contributed by atoms with E-state index < -0.39 is 11.7 Å². The fourth-order valence-electron chi connectivity index (χ4n) is 2.79. The minimum atomic E-state index is -0.839. The van der Waals surface area contributed by atoms with Crippen LogP contribution in [-0.2, 0) is 0 Å². The number of H-pyrrole nitrogens is 1. The summed E-state index contributed by atoms with van der Waals surface area (Å²) in [7, 11) is 0. The van der Waals surface area contributed by atoms with Gasteiger partial charge in [-0.25, -0.2) is 9.37 Å². The Morgan fingerprint density at radius 2 is 1.56 bits per heavy atom. The number of nitrogens with two attached hydrogens (primary N) is 1. The van der Waals surface area contributed by atoms with Crippen LogP contribution in [0.2, 0.25) is 0 Å². The molecule has 0 aliphatic carbocycles. The molecule has 0 unspecified atom stereocenters. The van der Waals surface area contributed by atoms with Crippen LogP contribution in [0.3, 0.4) is 0 Å². The van der Waals surface area contributed by atoms with E-state index in [0.717, 1.165) is 16.7 Å². The molecule has 0 spiro atoms. The van der Waals surface area contributed by atoms with Gasteiger partial charge in [-0.2, -0.15) is 0 Å². The highest BCUT2D eigenvalue weighted by Gasteiger charge is 2.17. The topological polar surface area (TPSA) is 84.7 Å². The standard InChI is InChI=1S/C19H13FN4O/c20-14-5-6-15-17(16(14)18(21)25)24-19(23-15)13-3-1-11(2-4-13)12-7-9-22-10-8-12/h1-10H,(H2,21,25)(H,23,24). The van der Waals surface area contributed by atoms with E-state index in [1.807, 2.05) is 36.4 Å². The highest BCUT2D eigenvalue weighted by Crippen LogP contribution is 2.26. The van der Waals surface area contributed by atoms with Gasteiger partial charge in [0.05, 0.1) is 5.52 Å². The van der Waals surface area contributed by atoms with Gasteiger partial charge < -0.3 is 10.7 Å². The van der Waals surface area contributed by atoms with Crippen LogP contribution < -0.4 is 5.73 Å². The third-order valence-corrected chi connectivity index (χ3v) is 4.02. The van der Waals surface area contributed by atoms with E-state index >= 15 is 0 Å². The van der Waals surface area contributed by atoms with Gasteiger partial charge in [0.2, 0.25) is 0 Å². The van der Waals surface area contributed by atoms with E-state index in [1.165, 1.54) is 6.07 Å². The predicted octanol–water partition coefficient (Wildman–Crippen LogP) is 3.53. The molecule has 0 saturated carbocycles. The van der Waals surface area contributed by atoms with Gasteiger partial charge >= 0.3 is 0 Å². The molecule has 0 aliphatic heterocycles. The number of benzene rings is 2. The first-order valence-electron chi connectivity index (χ1n) is 7.62. The lowest BCUT2D eigenvalue weighted by Crippen LogP contribution is -2.13. The highest BCUT2D eigenvalue weighted by atomic mass is 19.1. The lowest BCUT2D eigenvalue weighted by atomic mass is 10.1. The second kappa shape index (κ2) is 5.83. The molecular weight excluding hydrogens is 319 g/mol. The summed E-state index contributed by atoms with van der Waals surface area (Å²) < 4.78 is 13.9. The van der Waals surface area contributed by atoms with Crippen molar-refractivity contribution in [1.82, 2.24) is 15.0 Å². The zero-order valence-corrected chi connectivity index (χ0v) is 13.0. The molecule has 0 saturated heterocycles. The number of nitrogens with one attached hydrogen (secondary N) is 1. The maximum absolute atomic E-state index is 13.9. The Morgan fingerprint density at radius 1 is 0.920 bits per heavy atom. The van der Waals surface area contributed by atoms with Gasteiger partial charge in [-0.15, -0.1) is 0 Å². The zero-order valence-electron chi connectivity index (χ0n) is 13.0. The van der Waals surface area contributed by atoms with Crippen molar-refractivity contribution >= 4 is 16.9 Å². The third kappa shape index (κ3) is 2.63. The number of rotatable bonds is 3. The number of aromatic amines is 1. The molecule has 122 valence electrons. The molecule has 2 heterocycles. The molecule has 2 aromatic heterocycles. The SMILES string of the molecule is NC(=O)c1c(F)ccc2[nH]c(-c3ccc(-c4ccncc4)cc3)nc12. The van der Waals surface area contributed by atoms with E-state index in [0.29, 0.717) is 11.3 Å². The number of primary amides is 1. The van der Waals surface area contributed by atoms with E-state index in [9.17, 15) is 9.18 Å². The molecule has 0 fully saturated rings. The number of halogens is 1. The molecule has 0 atom stereocenters. The summed E-state index contributed by atoms with van der Waals surface area (Å²) in [5, 5.41) is 0. The van der Waals surface area contributed by atoms with Crippen LogP contribution in [0.5, 0.6) is 0 Å². The maximum atomic E-state index is 13.9. The van der Waals surface area contributed by atoms with Crippen molar-refractivity contribution in [3.8, 4) is 22.5 Å². The molecule has 0 bridgehead atoms. The summed E-state index contributed by atoms with van der Waals surface area (Å²) >= 11 is 0. The van der Waals surface area contributed by atoms with Gasteiger partial charge in [-0.3, -0.25) is 9.78 Å². The smallest absolute Gasteiger partial charge is 0.253 e. The summed E-state index contributed by atoms with van der Waals surface area (Å²) in [4.78, 5) is 23.0. The van der Waals surface area contributed by atoms with Crippen LogP contribution in [-0.4, -0.2) is 20.9 Å². The number of hydrogen-bond donors (Lipinski definition) is 2. The molecular formula is C19H13FN4O. The molecule has 25 heavy (non-hydrogen) atoms. The number of nitrogens with zero attached hydrogens (tertiary/aromatic N) is 2. The van der Waals surface area contributed by atoms with Crippen molar-refractivity contribution in [2.75, 3.05) is 0 Å². The minimum Gasteiger partial charge on any atom is -0.365 e. The summed E-state index contributed by atoms with van der Waals surface area (Å²) in [6.45, 7) is 0. The van der Waals surface area contributed by atoms with Crippen LogP contribution >= 0.6 is 0 Å². The number of carbonyl (C=O) groups is 1. The first-order valence-corrected chi connectivity index (χ1v) is 7.62. The van der Waals surface area contributed by atoms with Gasteiger partial charge in [0.15, 0.2) is 0 Å². The van der Waals surface area contributed by atoms with Crippen LogP contribution in [0.15, 0.2) is 60.9 Å². The largest absolute Gasteiger partial charge is 0.365 e. The van der Waals surface area contributed by atoms with Crippen molar-refractivity contribution in [2.45, 2.75) is 0 Å². The van der Waals surface area contributed by atoms with E-state index in [-0.39, 0.29) is 11.1 Å². The Morgan fingerprint density at radius 3 is 2.24 bits per heavy atom. The Hall–Kier alpha value is -3.54. The fourth-order valence-corrected chi connectivity index (χ4v) is 2.79. The number of pyridine rings is 1. The second-order valence-corrected chi connectivity index (χ2v) is 5.58. The van der Waals surface area contributed by atoms with Crippen molar-refractivity contribution in [3.05, 3.63) is 72.3 Å². The van der Waals surface area contributed by atoms with Crippen molar-refractivity contribution in [1.29, 1.82) is 0 Å². The molecule has 0 aliphatic rings. The predicted molar refractivity (Wildman–Crippen MR) is 93.2 cm³/mol. The molecule has 4 rings (SSSR count). The zero-order chi connectivity index (χ0) is 17.4. The van der Waals surface area contributed by atoms with Crippen LogP contribution in [0, 0.1) is 5.82 Å². The number of amides is 1. The highest BCUT2D eigenvalue weighted by molar-refractivity contribution is 6.04. The first kappa shape index (κ1) is 15.0. The molecule has 6 heteroatoms. The quantitative estimate of drug-likeness (QED) is 0.602. The molecule has 2 aromatic carbocycles. The molecule has 4 aromatic rings. The van der Waals surface area contributed by atoms with Gasteiger partial charge in [0, 0.05) is 18.0 Å². The van der Waals surface area contributed by atoms with Crippen LogP contribution in [0.1, 0.15) is 10.4 Å². The summed E-state index contributed by atoms with van der Waals surface area (Å²) in [5.41, 5.74) is 8.80. The average Bonchev–Trinajstić information content (AvgIpc) is 3.06. The lowest BCUT2D eigenvalue weighted by Gasteiger charge is -2.02. The first-order chi connectivity index (χ1) is 12.1. The van der Waals surface area contributed by atoms with E-state index in [1.54, 1.807) is 18.5 Å². The number of fused-ring (bicyclic) bond motifs is 1. The van der Waals surface area contributed by atoms with Crippen molar-refractivity contribution < 1.29 is 9.18 Å². The number of carbonyl (C=O) groups excluding carboxylic acids is 1. The number of aromatic nitrogens is 3.